The third kappa shape index (κ3) is 5.02. The number of pyridine rings is 1. The largest absolute Gasteiger partial charge is 0.497 e. The Kier molecular flexibility index (Phi) is 6.95. The van der Waals surface area contributed by atoms with Crippen molar-refractivity contribution in [3.8, 4) is 17.2 Å². The molecule has 2 bridgehead atoms. The number of nitrogens with zero attached hydrogens (tertiary/aromatic N) is 2. The fourth-order valence-electron chi connectivity index (χ4n) is 5.29. The molecule has 3 amide bonds. The van der Waals surface area contributed by atoms with E-state index in [1.807, 2.05) is 11.0 Å². The van der Waals surface area contributed by atoms with Crippen LogP contribution in [0.4, 0.5) is 16.2 Å². The molecule has 0 saturated carbocycles. The fourth-order valence-corrected chi connectivity index (χ4v) is 5.29. The molecule has 1 fully saturated rings. The number of aromatic nitrogens is 1. The lowest BCUT2D eigenvalue weighted by Gasteiger charge is -2.43. The quantitative estimate of drug-likeness (QED) is 0.514. The molecule has 1 aromatic heterocycles. The topological polar surface area (TPSA) is 111 Å². The van der Waals surface area contributed by atoms with E-state index in [0.29, 0.717) is 48.1 Å². The number of nitrogens with one attached hydrogen (secondary N) is 2. The molecule has 0 radical (unpaired) electrons. The number of ether oxygens (including phenoxy) is 3. The van der Waals surface area contributed by atoms with Crippen molar-refractivity contribution in [2.45, 2.75) is 18.9 Å². The fraction of sp³-hybridized carbons (Fsp3) is 0.321. The second-order valence-electron chi connectivity index (χ2n) is 9.51. The molecule has 10 nitrogen and oxygen atoms in total. The molecular weight excluding hydrogens is 488 g/mol. The number of rotatable bonds is 6. The van der Waals surface area contributed by atoms with Gasteiger partial charge in [0.2, 0.25) is 0 Å². The normalized spacial score (nSPS) is 17.7. The van der Waals surface area contributed by atoms with Gasteiger partial charge in [0.1, 0.15) is 22.9 Å². The average molecular weight is 519 g/mol. The van der Waals surface area contributed by atoms with Gasteiger partial charge in [0.05, 0.1) is 21.3 Å². The van der Waals surface area contributed by atoms with Crippen LogP contribution in [0, 0.1) is 5.92 Å². The van der Waals surface area contributed by atoms with Gasteiger partial charge in [-0.1, -0.05) is 0 Å². The Morgan fingerprint density at radius 3 is 2.16 bits per heavy atom. The van der Waals surface area contributed by atoms with Crippen LogP contribution in [0.25, 0.3) is 0 Å². The Morgan fingerprint density at radius 1 is 0.816 bits per heavy atom. The first-order valence-corrected chi connectivity index (χ1v) is 12.4. The third-order valence-corrected chi connectivity index (χ3v) is 7.09. The van der Waals surface area contributed by atoms with Crippen LogP contribution >= 0.6 is 0 Å². The number of piperidine rings is 1. The van der Waals surface area contributed by atoms with E-state index in [0.717, 1.165) is 12.1 Å². The van der Waals surface area contributed by atoms with Crippen LogP contribution in [0.5, 0.6) is 17.2 Å². The van der Waals surface area contributed by atoms with Gasteiger partial charge in [0.15, 0.2) is 0 Å². The number of carbonyl (C=O) groups is 2. The van der Waals surface area contributed by atoms with E-state index in [1.54, 1.807) is 60.2 Å². The van der Waals surface area contributed by atoms with Crippen molar-refractivity contribution in [1.82, 2.24) is 9.47 Å². The molecule has 198 valence electrons. The maximum absolute atomic E-state index is 13.3. The predicted octanol–water partition coefficient (Wildman–Crippen LogP) is 3.78. The summed E-state index contributed by atoms with van der Waals surface area (Å²) >= 11 is 0. The molecule has 2 unspecified atom stereocenters. The summed E-state index contributed by atoms with van der Waals surface area (Å²) in [5.74, 6) is 1.92. The number of benzene rings is 2. The Balaban J connectivity index is 1.30. The van der Waals surface area contributed by atoms with Crippen molar-refractivity contribution in [1.29, 1.82) is 0 Å². The van der Waals surface area contributed by atoms with E-state index >= 15 is 0 Å². The van der Waals surface area contributed by atoms with Crippen molar-refractivity contribution in [2.75, 3.05) is 45.1 Å². The summed E-state index contributed by atoms with van der Waals surface area (Å²) < 4.78 is 17.4. The zero-order chi connectivity index (χ0) is 26.8. The van der Waals surface area contributed by atoms with Gasteiger partial charge >= 0.3 is 6.03 Å². The minimum atomic E-state index is -0.551. The number of methoxy groups -OCH3 is 3. The Morgan fingerprint density at radius 2 is 1.50 bits per heavy atom. The van der Waals surface area contributed by atoms with Gasteiger partial charge in [-0.05, 0) is 48.7 Å². The number of urea groups is 1. The van der Waals surface area contributed by atoms with Crippen molar-refractivity contribution in [3.63, 3.8) is 0 Å². The molecular formula is C28H30N4O6. The lowest BCUT2D eigenvalue weighted by molar-refractivity contribution is 0.0594. The zero-order valence-electron chi connectivity index (χ0n) is 21.5. The number of hydrogen-bond acceptors (Lipinski definition) is 6. The van der Waals surface area contributed by atoms with E-state index in [1.165, 1.54) is 14.2 Å². The molecule has 2 aliphatic heterocycles. The van der Waals surface area contributed by atoms with Crippen LogP contribution in [-0.2, 0) is 6.54 Å². The standard InChI is InChI=1S/C28H30N4O6/c1-36-21-6-4-18(5-7-21)26(33)31-14-17-10-19(16-31)25-9-8-24(27(34)32(25)15-17)30-28(35)29-20-11-22(37-2)13-23(12-20)38-3/h4-9,11-13,17,19H,10,14-16H2,1-3H3,(H2,29,30,35). The minimum Gasteiger partial charge on any atom is -0.497 e. The lowest BCUT2D eigenvalue weighted by atomic mass is 9.83. The second-order valence-corrected chi connectivity index (χ2v) is 9.51. The summed E-state index contributed by atoms with van der Waals surface area (Å²) in [7, 11) is 4.64. The molecule has 0 aliphatic carbocycles. The molecule has 1 saturated heterocycles. The summed E-state index contributed by atoms with van der Waals surface area (Å²) in [4.78, 5) is 41.0. The van der Waals surface area contributed by atoms with Crippen molar-refractivity contribution < 1.29 is 23.8 Å². The van der Waals surface area contributed by atoms with Gasteiger partial charge < -0.3 is 34.3 Å². The smallest absolute Gasteiger partial charge is 0.323 e. The van der Waals surface area contributed by atoms with Crippen molar-refractivity contribution in [2.24, 2.45) is 5.92 Å². The van der Waals surface area contributed by atoms with Gasteiger partial charge in [0.25, 0.3) is 11.5 Å². The average Bonchev–Trinajstić information content (AvgIpc) is 2.94. The molecule has 2 atom stereocenters. The van der Waals surface area contributed by atoms with Gasteiger partial charge in [-0.25, -0.2) is 4.79 Å². The third-order valence-electron chi connectivity index (χ3n) is 7.09. The molecule has 5 rings (SSSR count). The first kappa shape index (κ1) is 25.2. The number of anilines is 2. The molecule has 0 spiro atoms. The van der Waals surface area contributed by atoms with Crippen LogP contribution in [0.3, 0.4) is 0 Å². The second kappa shape index (κ2) is 10.5. The highest BCUT2D eigenvalue weighted by atomic mass is 16.5. The molecule has 38 heavy (non-hydrogen) atoms. The van der Waals surface area contributed by atoms with Crippen LogP contribution < -0.4 is 30.4 Å². The summed E-state index contributed by atoms with van der Waals surface area (Å²) in [5, 5.41) is 5.39. The summed E-state index contributed by atoms with van der Waals surface area (Å²) in [6.07, 6.45) is 0.913. The number of likely N-dealkylation sites (tertiary alicyclic amines) is 1. The summed E-state index contributed by atoms with van der Waals surface area (Å²) in [5.41, 5.74) is 1.88. The Bertz CT molecular complexity index is 1400. The maximum atomic E-state index is 13.3. The number of hydrogen-bond donors (Lipinski definition) is 2. The first-order valence-electron chi connectivity index (χ1n) is 12.4. The van der Waals surface area contributed by atoms with E-state index in [-0.39, 0.29) is 29.0 Å². The molecule has 2 aliphatic rings. The van der Waals surface area contributed by atoms with Gasteiger partial charge in [-0.15, -0.1) is 0 Å². The van der Waals surface area contributed by atoms with Crippen LogP contribution in [0.15, 0.2) is 59.4 Å². The highest BCUT2D eigenvalue weighted by Gasteiger charge is 2.37. The van der Waals surface area contributed by atoms with Crippen molar-refractivity contribution >= 4 is 23.3 Å². The summed E-state index contributed by atoms with van der Waals surface area (Å²) in [6, 6.07) is 15.1. The molecule has 3 aromatic rings. The number of amides is 3. The summed E-state index contributed by atoms with van der Waals surface area (Å²) in [6.45, 7) is 1.59. The number of fused-ring (bicyclic) bond motifs is 4. The van der Waals surface area contributed by atoms with Crippen LogP contribution in [-0.4, -0.2) is 55.8 Å². The predicted molar refractivity (Wildman–Crippen MR) is 143 cm³/mol. The van der Waals surface area contributed by atoms with Gasteiger partial charge in [0, 0.05) is 60.7 Å². The highest BCUT2D eigenvalue weighted by Crippen LogP contribution is 2.36. The zero-order valence-corrected chi connectivity index (χ0v) is 21.5. The van der Waals surface area contributed by atoms with E-state index in [9.17, 15) is 14.4 Å². The van der Waals surface area contributed by atoms with E-state index in [4.69, 9.17) is 14.2 Å². The molecule has 3 heterocycles. The van der Waals surface area contributed by atoms with Gasteiger partial charge in [-0.2, -0.15) is 0 Å². The SMILES string of the molecule is COc1ccc(C(=O)N2CC3CC(C2)c2ccc(NC(=O)Nc4cc(OC)cc(OC)c4)c(=O)n2C3)cc1. The van der Waals surface area contributed by atoms with Crippen LogP contribution in [0.2, 0.25) is 0 Å². The molecule has 2 N–H and O–H groups in total. The van der Waals surface area contributed by atoms with Crippen molar-refractivity contribution in [3.05, 3.63) is 76.2 Å². The lowest BCUT2D eigenvalue weighted by Crippen LogP contribution is -2.49. The number of carbonyl (C=O) groups excluding carboxylic acids is 2. The Hall–Kier alpha value is -4.47. The van der Waals surface area contributed by atoms with Crippen LogP contribution in [0.1, 0.15) is 28.4 Å². The monoisotopic (exact) mass is 518 g/mol. The molecule has 10 heteroatoms. The first-order chi connectivity index (χ1) is 18.4. The molecule has 2 aromatic carbocycles. The maximum Gasteiger partial charge on any atom is 0.323 e. The highest BCUT2D eigenvalue weighted by molar-refractivity contribution is 6.00. The van der Waals surface area contributed by atoms with E-state index in [2.05, 4.69) is 10.6 Å². The van der Waals surface area contributed by atoms with E-state index < -0.39 is 6.03 Å². The van der Waals surface area contributed by atoms with Gasteiger partial charge in [-0.3, -0.25) is 9.59 Å². The minimum absolute atomic E-state index is 0.0257. The Labute approximate surface area is 220 Å².